The van der Waals surface area contributed by atoms with Gasteiger partial charge in [-0.25, -0.2) is 33.5 Å². The Morgan fingerprint density at radius 2 is 1.65 bits per heavy atom. The van der Waals surface area contributed by atoms with Gasteiger partial charge in [-0.3, -0.25) is 4.79 Å². The van der Waals surface area contributed by atoms with Gasteiger partial charge in [-0.2, -0.15) is 13.2 Å². The summed E-state index contributed by atoms with van der Waals surface area (Å²) in [6, 6.07) is 6.62. The van der Waals surface area contributed by atoms with Gasteiger partial charge in [-0.1, -0.05) is 6.92 Å². The number of anilines is 1. The second kappa shape index (κ2) is 13.9. The van der Waals surface area contributed by atoms with Crippen molar-refractivity contribution in [1.29, 1.82) is 0 Å². The van der Waals surface area contributed by atoms with Gasteiger partial charge in [-0.15, -0.1) is 0 Å². The zero-order valence-corrected chi connectivity index (χ0v) is 31.4. The number of nitrogens with zero attached hydrogens (tertiary/aromatic N) is 6. The highest BCUT2D eigenvalue weighted by Gasteiger charge is 2.62. The summed E-state index contributed by atoms with van der Waals surface area (Å²) in [6.45, 7) is 3.41. The van der Waals surface area contributed by atoms with E-state index in [2.05, 4.69) is 37.1 Å². The second-order valence-corrected chi connectivity index (χ2v) is 17.0. The highest BCUT2D eigenvalue weighted by atomic mass is 19.4. The number of nitrogens with one attached hydrogen (secondary N) is 1. The standard InChI is InChI=1S/C41H44F5N7O4/c1-22-20-52(38-47-10-2-11-48-38)12-7-33(22)57-28-3-4-29-31(21-53(32(29)18-28)27-5-8-39(42,43)9-6-27)35-49-19-30(34(50-35)41(44,45)46)36(54)51-40(37(55)56)25-14-23-13-24(16-25)17-26(40)15-23/h2-4,10-11,18-19,21-27,33H,5-9,12-17,20H2,1H3,(H,51,54)(H,55,56). The average Bonchev–Trinajstić information content (AvgIpc) is 3.55. The Hall–Kier alpha value is -4.89. The number of alkyl halides is 5. The molecule has 2 atom stereocenters. The van der Waals surface area contributed by atoms with Crippen LogP contribution in [0.15, 0.2) is 49.1 Å². The van der Waals surface area contributed by atoms with Crippen LogP contribution in [-0.2, 0) is 11.0 Å². The molecule has 1 aliphatic heterocycles. The highest BCUT2D eigenvalue weighted by molar-refractivity contribution is 6.00. The van der Waals surface area contributed by atoms with Gasteiger partial charge in [-0.05, 0) is 86.8 Å². The van der Waals surface area contributed by atoms with Crippen LogP contribution in [0.1, 0.15) is 93.2 Å². The van der Waals surface area contributed by atoms with Crippen molar-refractivity contribution in [2.24, 2.45) is 29.6 Å². The van der Waals surface area contributed by atoms with Crippen molar-refractivity contribution in [3.63, 3.8) is 0 Å². The van der Waals surface area contributed by atoms with Crippen LogP contribution in [0.2, 0.25) is 0 Å². The lowest BCUT2D eigenvalue weighted by Gasteiger charge is -2.59. The van der Waals surface area contributed by atoms with E-state index in [1.54, 1.807) is 42.9 Å². The largest absolute Gasteiger partial charge is 0.490 e. The number of ether oxygens (including phenoxy) is 1. The number of benzene rings is 1. The number of halogens is 5. The molecule has 4 heterocycles. The van der Waals surface area contributed by atoms with E-state index in [9.17, 15) is 36.6 Å². The van der Waals surface area contributed by atoms with E-state index in [1.165, 1.54) is 0 Å². The quantitative estimate of drug-likeness (QED) is 0.170. The molecule has 5 aliphatic carbocycles. The molecule has 2 N–H and O–H groups in total. The molecule has 11 nitrogen and oxygen atoms in total. The van der Waals surface area contributed by atoms with Gasteiger partial charge >= 0.3 is 12.1 Å². The van der Waals surface area contributed by atoms with E-state index in [0.717, 1.165) is 12.6 Å². The summed E-state index contributed by atoms with van der Waals surface area (Å²) in [5.74, 6) is -4.27. The molecule has 6 fully saturated rings. The SMILES string of the molecule is CC1CN(c2ncccn2)CCC1Oc1ccc2c(-c3ncc(C(=O)NC4(C(=O)O)C5CC6CC(C5)CC4C6)c(C(F)(F)F)n3)cn(C3CCC(F)(F)CC3)c2c1. The van der Waals surface area contributed by atoms with Gasteiger partial charge in [0, 0.05) is 86.1 Å². The van der Waals surface area contributed by atoms with Crippen LogP contribution in [0, 0.1) is 29.6 Å². The first-order valence-corrected chi connectivity index (χ1v) is 19.9. The van der Waals surface area contributed by atoms with E-state index in [1.807, 2.05) is 4.57 Å². The molecule has 0 radical (unpaired) electrons. The first-order chi connectivity index (χ1) is 27.2. The number of hydrogen-bond acceptors (Lipinski definition) is 8. The molecule has 1 amide bonds. The fourth-order valence-electron chi connectivity index (χ4n) is 10.9. The van der Waals surface area contributed by atoms with Gasteiger partial charge in [0.05, 0.1) is 11.1 Å². The monoisotopic (exact) mass is 793 g/mol. The molecule has 10 rings (SSSR count). The predicted octanol–water partition coefficient (Wildman–Crippen LogP) is 7.96. The predicted molar refractivity (Wildman–Crippen MR) is 198 cm³/mol. The number of fused-ring (bicyclic) bond motifs is 1. The fourth-order valence-corrected chi connectivity index (χ4v) is 10.9. The molecule has 1 saturated heterocycles. The average molecular weight is 794 g/mol. The van der Waals surface area contributed by atoms with E-state index in [4.69, 9.17) is 4.74 Å². The summed E-state index contributed by atoms with van der Waals surface area (Å²) in [5, 5.41) is 13.6. The summed E-state index contributed by atoms with van der Waals surface area (Å²) in [4.78, 5) is 45.8. The third-order valence-corrected chi connectivity index (χ3v) is 13.5. The Balaban J connectivity index is 1.04. The smallest absolute Gasteiger partial charge is 0.434 e. The molecule has 0 spiro atoms. The van der Waals surface area contributed by atoms with Crippen LogP contribution < -0.4 is 15.0 Å². The number of carbonyl (C=O) groups is 2. The number of piperidine rings is 1. The summed E-state index contributed by atoms with van der Waals surface area (Å²) >= 11 is 0. The molecule has 2 unspecified atom stereocenters. The minimum absolute atomic E-state index is 0.0970. The molecule has 1 aromatic carbocycles. The zero-order chi connectivity index (χ0) is 39.9. The normalized spacial score (nSPS) is 29.8. The van der Waals surface area contributed by atoms with Crippen molar-refractivity contribution in [1.82, 2.24) is 29.8 Å². The summed E-state index contributed by atoms with van der Waals surface area (Å²) in [7, 11) is 0. The van der Waals surface area contributed by atoms with E-state index in [0.29, 0.717) is 79.6 Å². The number of rotatable bonds is 8. The molecule has 5 saturated carbocycles. The number of aromatic nitrogens is 5. The summed E-state index contributed by atoms with van der Waals surface area (Å²) in [6.07, 6.45) is 4.37. The van der Waals surface area contributed by atoms with Crippen molar-refractivity contribution in [3.8, 4) is 17.1 Å². The minimum Gasteiger partial charge on any atom is -0.490 e. The number of carboxylic acids is 1. The van der Waals surface area contributed by atoms with Crippen LogP contribution in [0.3, 0.4) is 0 Å². The highest BCUT2D eigenvalue weighted by Crippen LogP contribution is 2.58. The van der Waals surface area contributed by atoms with Gasteiger partial charge in [0.2, 0.25) is 11.9 Å². The lowest BCUT2D eigenvalue weighted by Crippen LogP contribution is -2.70. The first kappa shape index (κ1) is 37.7. The lowest BCUT2D eigenvalue weighted by atomic mass is 9.48. The van der Waals surface area contributed by atoms with Crippen molar-refractivity contribution >= 4 is 28.7 Å². The van der Waals surface area contributed by atoms with Crippen molar-refractivity contribution in [2.75, 3.05) is 18.0 Å². The third-order valence-electron chi connectivity index (χ3n) is 13.5. The molecule has 57 heavy (non-hydrogen) atoms. The zero-order valence-electron chi connectivity index (χ0n) is 31.4. The topological polar surface area (TPSA) is 135 Å². The third kappa shape index (κ3) is 6.75. The van der Waals surface area contributed by atoms with Crippen LogP contribution in [0.25, 0.3) is 22.3 Å². The van der Waals surface area contributed by atoms with Gasteiger partial charge in [0.15, 0.2) is 11.5 Å². The maximum absolute atomic E-state index is 14.8. The van der Waals surface area contributed by atoms with E-state index >= 15 is 0 Å². The second-order valence-electron chi connectivity index (χ2n) is 17.0. The molecule has 4 bridgehead atoms. The molecule has 16 heteroatoms. The molecular formula is C41H44F5N7O4. The van der Waals surface area contributed by atoms with Crippen LogP contribution in [-0.4, -0.2) is 72.1 Å². The summed E-state index contributed by atoms with van der Waals surface area (Å²) < 4.78 is 81.5. The van der Waals surface area contributed by atoms with Crippen LogP contribution in [0.4, 0.5) is 27.9 Å². The van der Waals surface area contributed by atoms with Crippen molar-refractivity contribution < 1.29 is 41.4 Å². The molecule has 4 aromatic rings. The number of hydrogen-bond donors (Lipinski definition) is 2. The van der Waals surface area contributed by atoms with E-state index in [-0.39, 0.29) is 67.0 Å². The number of aliphatic carboxylic acids is 1. The number of carbonyl (C=O) groups excluding carboxylic acids is 1. The Morgan fingerprint density at radius 1 is 0.965 bits per heavy atom. The van der Waals surface area contributed by atoms with Crippen molar-refractivity contribution in [3.05, 3.63) is 60.3 Å². The Labute approximate surface area is 325 Å². The fraction of sp³-hybridized carbons (Fsp3) is 0.561. The van der Waals surface area contributed by atoms with E-state index < -0.39 is 40.8 Å². The van der Waals surface area contributed by atoms with Crippen LogP contribution >= 0.6 is 0 Å². The molecular weight excluding hydrogens is 749 g/mol. The molecule has 3 aromatic heterocycles. The molecule has 6 aliphatic rings. The lowest BCUT2D eigenvalue weighted by molar-refractivity contribution is -0.163. The Morgan fingerprint density at radius 3 is 2.28 bits per heavy atom. The molecule has 302 valence electrons. The van der Waals surface area contributed by atoms with Crippen LogP contribution in [0.5, 0.6) is 5.75 Å². The number of amides is 1. The Bertz CT molecular complexity index is 2160. The minimum atomic E-state index is -5.09. The maximum Gasteiger partial charge on any atom is 0.434 e. The Kier molecular flexibility index (Phi) is 9.18. The van der Waals surface area contributed by atoms with Gasteiger partial charge in [0.1, 0.15) is 17.4 Å². The van der Waals surface area contributed by atoms with Gasteiger partial charge < -0.3 is 24.6 Å². The first-order valence-electron chi connectivity index (χ1n) is 19.9. The summed E-state index contributed by atoms with van der Waals surface area (Å²) in [5.41, 5.74) is -3.19. The number of carboxylic acid groups (broad SMARTS) is 1. The maximum atomic E-state index is 14.8. The van der Waals surface area contributed by atoms with Gasteiger partial charge in [0.25, 0.3) is 5.91 Å². The van der Waals surface area contributed by atoms with Crippen molar-refractivity contribution in [2.45, 2.75) is 101 Å².